The molecule has 0 bridgehead atoms. The van der Waals surface area contributed by atoms with Crippen LogP contribution in [0, 0.1) is 10.8 Å². The summed E-state index contributed by atoms with van der Waals surface area (Å²) in [7, 11) is -4.13. The van der Waals surface area contributed by atoms with Crippen molar-refractivity contribution in [3.63, 3.8) is 0 Å². The first-order valence-electron chi connectivity index (χ1n) is 9.69. The average molecular weight is 522 g/mol. The molecule has 2 atom stereocenters. The molecule has 2 aromatic carbocycles. The molecular formula is C22H24BrN3O5S. The van der Waals surface area contributed by atoms with Gasteiger partial charge in [0.1, 0.15) is 17.0 Å². The highest BCUT2D eigenvalue weighted by molar-refractivity contribution is 9.12. The first-order valence-corrected chi connectivity index (χ1v) is 12.0. The van der Waals surface area contributed by atoms with Gasteiger partial charge in [-0.15, -0.1) is 0 Å². The van der Waals surface area contributed by atoms with Gasteiger partial charge in [-0.3, -0.25) is 9.59 Å². The topological polar surface area (TPSA) is 125 Å². The second-order valence-electron chi connectivity index (χ2n) is 6.85. The highest BCUT2D eigenvalue weighted by atomic mass is 79.9. The van der Waals surface area contributed by atoms with Gasteiger partial charge in [-0.1, -0.05) is 48.4 Å². The van der Waals surface area contributed by atoms with E-state index in [1.54, 1.807) is 0 Å². The van der Waals surface area contributed by atoms with Gasteiger partial charge in [0, 0.05) is 29.4 Å². The average Bonchev–Trinajstić information content (AvgIpc) is 2.75. The van der Waals surface area contributed by atoms with E-state index in [4.69, 9.17) is 0 Å². The summed E-state index contributed by atoms with van der Waals surface area (Å²) in [5.74, 6) is 1.25. The second-order valence-corrected chi connectivity index (χ2v) is 9.14. The van der Waals surface area contributed by atoms with Crippen LogP contribution in [0.25, 0.3) is 0 Å². The number of amides is 2. The molecule has 2 rings (SSSR count). The Balaban J connectivity index is 2.36. The maximum Gasteiger partial charge on any atom is 0.245 e. The van der Waals surface area contributed by atoms with Crippen LogP contribution in [0.4, 0.5) is 0 Å². The number of rotatable bonds is 10. The molecule has 0 aliphatic rings. The Morgan fingerprint density at radius 3 is 2.34 bits per heavy atom. The van der Waals surface area contributed by atoms with E-state index in [9.17, 15) is 23.1 Å². The van der Waals surface area contributed by atoms with E-state index in [0.717, 1.165) is 5.56 Å². The lowest BCUT2D eigenvalue weighted by molar-refractivity contribution is -0.128. The minimum absolute atomic E-state index is 0.0377. The fourth-order valence-electron chi connectivity index (χ4n) is 3.06. The molecule has 0 aliphatic carbocycles. The Morgan fingerprint density at radius 2 is 1.75 bits per heavy atom. The van der Waals surface area contributed by atoms with Gasteiger partial charge in [0.15, 0.2) is 0 Å². The van der Waals surface area contributed by atoms with Crippen molar-refractivity contribution < 1.29 is 23.1 Å². The number of halogens is 1. The summed E-state index contributed by atoms with van der Waals surface area (Å²) in [6.45, 7) is 1.26. The highest BCUT2D eigenvalue weighted by Crippen LogP contribution is 2.27. The van der Waals surface area contributed by atoms with E-state index in [-0.39, 0.29) is 24.4 Å². The number of hydrogen-bond acceptors (Lipinski definition) is 5. The molecule has 2 amide bonds. The van der Waals surface area contributed by atoms with Gasteiger partial charge in [-0.05, 0) is 34.5 Å². The van der Waals surface area contributed by atoms with Crippen molar-refractivity contribution in [3.05, 3.63) is 65.7 Å². The molecule has 170 valence electrons. The Morgan fingerprint density at radius 1 is 1.09 bits per heavy atom. The zero-order chi connectivity index (χ0) is 23.6. The molecule has 4 N–H and O–H groups in total. The quantitative estimate of drug-likeness (QED) is 0.353. The molecule has 8 nitrogen and oxygen atoms in total. The molecule has 2 aromatic rings. The normalized spacial score (nSPS) is 12.7. The lowest BCUT2D eigenvalue weighted by Gasteiger charge is -2.27. The Kier molecular flexibility index (Phi) is 9.71. The summed E-state index contributed by atoms with van der Waals surface area (Å²) in [4.78, 5) is 27.1. The summed E-state index contributed by atoms with van der Waals surface area (Å²) in [6.07, 6.45) is 0.445. The van der Waals surface area contributed by atoms with E-state index in [2.05, 4.69) is 42.0 Å². The smallest absolute Gasteiger partial charge is 0.245 e. The molecule has 0 saturated carbocycles. The Labute approximate surface area is 196 Å². The summed E-state index contributed by atoms with van der Waals surface area (Å²) < 4.78 is 29.2. The zero-order valence-corrected chi connectivity index (χ0v) is 19.7. The maximum absolute atomic E-state index is 13.3. The van der Waals surface area contributed by atoms with Crippen molar-refractivity contribution in [1.29, 1.82) is 0 Å². The minimum Gasteiger partial charge on any atom is -0.508 e. The SMILES string of the molecule is CC(=O)NC(C(=O)NCC#CBr)C(c1ccc(O)cc1)S(=O)(=O)NCCc1ccccc1. The van der Waals surface area contributed by atoms with Gasteiger partial charge < -0.3 is 15.7 Å². The number of hydrogen-bond donors (Lipinski definition) is 4. The third-order valence-corrected chi connectivity index (χ3v) is 6.58. The van der Waals surface area contributed by atoms with Gasteiger partial charge in [-0.2, -0.15) is 0 Å². The number of carbonyl (C=O) groups excluding carboxylic acids is 2. The monoisotopic (exact) mass is 521 g/mol. The van der Waals surface area contributed by atoms with Crippen molar-refractivity contribution >= 4 is 37.8 Å². The van der Waals surface area contributed by atoms with E-state index in [1.807, 2.05) is 30.3 Å². The van der Waals surface area contributed by atoms with Crippen molar-refractivity contribution in [1.82, 2.24) is 15.4 Å². The largest absolute Gasteiger partial charge is 0.508 e. The number of phenols is 1. The summed E-state index contributed by atoms with van der Waals surface area (Å²) in [5, 5.41) is 13.1. The van der Waals surface area contributed by atoms with Crippen molar-refractivity contribution in [2.45, 2.75) is 24.6 Å². The predicted octanol–water partition coefficient (Wildman–Crippen LogP) is 1.57. The fraction of sp³-hybridized carbons (Fsp3) is 0.273. The van der Waals surface area contributed by atoms with E-state index < -0.39 is 33.1 Å². The predicted molar refractivity (Wildman–Crippen MR) is 125 cm³/mol. The van der Waals surface area contributed by atoms with Crippen molar-refractivity contribution in [2.24, 2.45) is 0 Å². The number of nitrogens with one attached hydrogen (secondary N) is 3. The summed E-state index contributed by atoms with van der Waals surface area (Å²) in [5.41, 5.74) is 1.18. The van der Waals surface area contributed by atoms with Crippen LogP contribution in [0.5, 0.6) is 5.75 Å². The molecular weight excluding hydrogens is 498 g/mol. The van der Waals surface area contributed by atoms with Crippen LogP contribution in [0.3, 0.4) is 0 Å². The third-order valence-electron chi connectivity index (χ3n) is 4.48. The standard InChI is InChI=1S/C22H24BrN3O5S/c1-16(27)26-20(22(29)24-14-5-13-23)21(18-8-10-19(28)11-9-18)32(30,31)25-15-12-17-6-3-2-4-7-17/h2-4,6-11,20-21,25,28H,12,14-15H2,1H3,(H,24,29)(H,26,27). The highest BCUT2D eigenvalue weighted by Gasteiger charge is 2.39. The molecule has 0 spiro atoms. The van der Waals surface area contributed by atoms with Gasteiger partial charge in [0.25, 0.3) is 0 Å². The fourth-order valence-corrected chi connectivity index (χ4v) is 4.83. The lowest BCUT2D eigenvalue weighted by atomic mass is 10.0. The first-order chi connectivity index (χ1) is 15.2. The molecule has 2 unspecified atom stereocenters. The Bertz CT molecular complexity index is 1080. The van der Waals surface area contributed by atoms with E-state index in [1.165, 1.54) is 31.2 Å². The van der Waals surface area contributed by atoms with Gasteiger partial charge in [0.2, 0.25) is 21.8 Å². The van der Waals surface area contributed by atoms with Crippen LogP contribution in [-0.4, -0.2) is 44.5 Å². The van der Waals surface area contributed by atoms with Gasteiger partial charge in [-0.25, -0.2) is 13.1 Å². The number of aromatic hydroxyl groups is 1. The molecule has 0 aromatic heterocycles. The minimum atomic E-state index is -4.13. The lowest BCUT2D eigenvalue weighted by Crippen LogP contribution is -2.53. The van der Waals surface area contributed by atoms with Crippen LogP contribution in [0.2, 0.25) is 0 Å². The molecule has 0 heterocycles. The number of sulfonamides is 1. The number of carbonyl (C=O) groups is 2. The zero-order valence-electron chi connectivity index (χ0n) is 17.3. The molecule has 0 saturated heterocycles. The van der Waals surface area contributed by atoms with Gasteiger partial charge in [0.05, 0.1) is 6.54 Å². The van der Waals surface area contributed by atoms with Crippen LogP contribution in [0.1, 0.15) is 23.3 Å². The molecule has 0 radical (unpaired) electrons. The van der Waals surface area contributed by atoms with Gasteiger partial charge >= 0.3 is 0 Å². The molecule has 10 heteroatoms. The summed E-state index contributed by atoms with van der Waals surface area (Å²) in [6, 6.07) is 13.4. The van der Waals surface area contributed by atoms with Crippen molar-refractivity contribution in [3.8, 4) is 16.5 Å². The van der Waals surface area contributed by atoms with Crippen molar-refractivity contribution in [2.75, 3.05) is 13.1 Å². The number of benzene rings is 2. The van der Waals surface area contributed by atoms with Crippen LogP contribution in [-0.2, 0) is 26.0 Å². The van der Waals surface area contributed by atoms with E-state index in [0.29, 0.717) is 6.42 Å². The molecule has 0 fully saturated rings. The van der Waals surface area contributed by atoms with Crippen LogP contribution >= 0.6 is 15.9 Å². The first kappa shape index (κ1) is 25.4. The molecule has 32 heavy (non-hydrogen) atoms. The maximum atomic E-state index is 13.3. The molecule has 0 aliphatic heterocycles. The Hall–Kier alpha value is -2.87. The van der Waals surface area contributed by atoms with E-state index >= 15 is 0 Å². The second kappa shape index (κ2) is 12.2. The summed E-state index contributed by atoms with van der Waals surface area (Å²) >= 11 is 2.92. The number of phenolic OH excluding ortho intramolecular Hbond substituents is 1. The van der Waals surface area contributed by atoms with Crippen LogP contribution < -0.4 is 15.4 Å². The van der Waals surface area contributed by atoms with Crippen LogP contribution in [0.15, 0.2) is 54.6 Å². The third kappa shape index (κ3) is 7.67.